The second-order valence-electron chi connectivity index (χ2n) is 5.54. The lowest BCUT2D eigenvalue weighted by molar-refractivity contribution is 0.545. The molecule has 5 heteroatoms. The van der Waals surface area contributed by atoms with Gasteiger partial charge < -0.3 is 5.32 Å². The fourth-order valence-corrected chi connectivity index (χ4v) is 2.33. The minimum atomic E-state index is -0.0914. The van der Waals surface area contributed by atoms with Crippen LogP contribution in [0.4, 0.5) is 5.82 Å². The molecular weight excluding hydrogens is 278 g/mol. The number of hydrogen-bond donors (Lipinski definition) is 1. The first-order valence-electron chi connectivity index (χ1n) is 6.72. The predicted molar refractivity (Wildman–Crippen MR) is 86.6 cm³/mol. The lowest BCUT2D eigenvalue weighted by Gasteiger charge is -2.19. The van der Waals surface area contributed by atoms with Gasteiger partial charge in [-0.1, -0.05) is 39.3 Å². The molecule has 0 spiro atoms. The first-order valence-corrected chi connectivity index (χ1v) is 8.25. The highest BCUT2D eigenvalue weighted by molar-refractivity contribution is 7.99. The van der Waals surface area contributed by atoms with Gasteiger partial charge in [-0.15, -0.1) is 0 Å². The Kier molecular flexibility index (Phi) is 6.40. The molecule has 108 valence electrons. The van der Waals surface area contributed by atoms with Crippen LogP contribution in [0.25, 0.3) is 0 Å². The number of aromatic nitrogens is 2. The number of thioether (sulfide) groups is 1. The quantitative estimate of drug-likeness (QED) is 0.628. The Balaban J connectivity index is 2.74. The van der Waals surface area contributed by atoms with Gasteiger partial charge >= 0.3 is 0 Å². The molecule has 1 N–H and O–H groups in total. The van der Waals surface area contributed by atoms with Crippen LogP contribution >= 0.6 is 23.4 Å². The Morgan fingerprint density at radius 2 is 1.95 bits per heavy atom. The van der Waals surface area contributed by atoms with Crippen LogP contribution in [0.15, 0.2) is 0 Å². The maximum absolute atomic E-state index is 6.19. The molecule has 19 heavy (non-hydrogen) atoms. The molecule has 0 aliphatic rings. The highest BCUT2D eigenvalue weighted by atomic mass is 35.5. The van der Waals surface area contributed by atoms with Crippen molar-refractivity contribution in [3.63, 3.8) is 0 Å². The average Bonchev–Trinajstić information content (AvgIpc) is 2.32. The smallest absolute Gasteiger partial charge is 0.137 e. The van der Waals surface area contributed by atoms with Gasteiger partial charge in [0.15, 0.2) is 0 Å². The second kappa shape index (κ2) is 7.34. The lowest BCUT2D eigenvalue weighted by atomic mass is 9.95. The van der Waals surface area contributed by atoms with Crippen LogP contribution in [0.2, 0.25) is 5.15 Å². The van der Waals surface area contributed by atoms with Crippen molar-refractivity contribution in [1.29, 1.82) is 0 Å². The van der Waals surface area contributed by atoms with Gasteiger partial charge in [-0.25, -0.2) is 9.97 Å². The van der Waals surface area contributed by atoms with Crippen molar-refractivity contribution in [2.24, 2.45) is 0 Å². The molecule has 0 fully saturated rings. The topological polar surface area (TPSA) is 37.8 Å². The molecule has 0 saturated heterocycles. The van der Waals surface area contributed by atoms with E-state index < -0.39 is 0 Å². The molecular formula is C14H24ClN3S. The molecule has 1 aromatic rings. The van der Waals surface area contributed by atoms with Crippen molar-refractivity contribution < 1.29 is 0 Å². The van der Waals surface area contributed by atoms with Gasteiger partial charge in [0.25, 0.3) is 0 Å². The summed E-state index contributed by atoms with van der Waals surface area (Å²) in [5, 5.41) is 3.92. The highest BCUT2D eigenvalue weighted by Gasteiger charge is 2.20. The van der Waals surface area contributed by atoms with E-state index in [9.17, 15) is 0 Å². The third-order valence-corrected chi connectivity index (χ3v) is 4.07. The van der Waals surface area contributed by atoms with E-state index in [1.54, 1.807) is 0 Å². The number of halogens is 1. The van der Waals surface area contributed by atoms with Crippen molar-refractivity contribution in [3.05, 3.63) is 16.5 Å². The number of anilines is 1. The van der Waals surface area contributed by atoms with Gasteiger partial charge in [-0.05, 0) is 24.9 Å². The third kappa shape index (κ3) is 5.19. The van der Waals surface area contributed by atoms with Crippen molar-refractivity contribution in [1.82, 2.24) is 9.97 Å². The monoisotopic (exact) mass is 301 g/mol. The van der Waals surface area contributed by atoms with Crippen LogP contribution in [0, 0.1) is 6.92 Å². The van der Waals surface area contributed by atoms with E-state index in [0.717, 1.165) is 30.2 Å². The lowest BCUT2D eigenvalue weighted by Crippen LogP contribution is -2.18. The molecule has 0 aliphatic heterocycles. The fourth-order valence-electron chi connectivity index (χ4n) is 1.52. The molecule has 0 unspecified atom stereocenters. The standard InChI is InChI=1S/C14H24ClN3S/c1-6-19-9-7-8-16-12-10(2)11(15)17-13(18-12)14(3,4)5/h6-9H2,1-5H3,(H,16,17,18). The van der Waals surface area contributed by atoms with Crippen LogP contribution in [-0.2, 0) is 5.41 Å². The molecule has 0 saturated carbocycles. The van der Waals surface area contributed by atoms with Crippen LogP contribution in [0.3, 0.4) is 0 Å². The summed E-state index contributed by atoms with van der Waals surface area (Å²) in [6, 6.07) is 0. The zero-order valence-electron chi connectivity index (χ0n) is 12.5. The van der Waals surface area contributed by atoms with E-state index in [4.69, 9.17) is 11.6 Å². The maximum Gasteiger partial charge on any atom is 0.137 e. The maximum atomic E-state index is 6.19. The van der Waals surface area contributed by atoms with E-state index in [1.807, 2.05) is 18.7 Å². The second-order valence-corrected chi connectivity index (χ2v) is 7.29. The highest BCUT2D eigenvalue weighted by Crippen LogP contribution is 2.26. The summed E-state index contributed by atoms with van der Waals surface area (Å²) in [5.41, 5.74) is 0.837. The van der Waals surface area contributed by atoms with Crippen LogP contribution in [-0.4, -0.2) is 28.0 Å². The minimum absolute atomic E-state index is 0.0914. The number of nitrogens with zero attached hydrogens (tertiary/aromatic N) is 2. The summed E-state index contributed by atoms with van der Waals surface area (Å²) in [5.74, 6) is 4.00. The zero-order chi connectivity index (χ0) is 14.5. The van der Waals surface area contributed by atoms with E-state index in [1.165, 1.54) is 11.5 Å². The van der Waals surface area contributed by atoms with Crippen molar-refractivity contribution in [2.45, 2.75) is 46.5 Å². The number of nitrogens with one attached hydrogen (secondary N) is 1. The van der Waals surface area contributed by atoms with Gasteiger partial charge in [0.2, 0.25) is 0 Å². The van der Waals surface area contributed by atoms with Crippen molar-refractivity contribution >= 4 is 29.2 Å². The molecule has 0 radical (unpaired) electrons. The van der Waals surface area contributed by atoms with Gasteiger partial charge in [0.05, 0.1) is 0 Å². The van der Waals surface area contributed by atoms with E-state index >= 15 is 0 Å². The minimum Gasteiger partial charge on any atom is -0.370 e. The average molecular weight is 302 g/mol. The first kappa shape index (κ1) is 16.6. The normalized spacial score (nSPS) is 11.7. The molecule has 0 aromatic carbocycles. The van der Waals surface area contributed by atoms with Gasteiger partial charge in [0, 0.05) is 17.5 Å². The molecule has 0 bridgehead atoms. The third-order valence-electron chi connectivity index (χ3n) is 2.72. The van der Waals surface area contributed by atoms with Crippen LogP contribution in [0.5, 0.6) is 0 Å². The Hall–Kier alpha value is -0.480. The van der Waals surface area contributed by atoms with Gasteiger partial charge in [-0.3, -0.25) is 0 Å². The van der Waals surface area contributed by atoms with Crippen LogP contribution < -0.4 is 5.32 Å². The zero-order valence-corrected chi connectivity index (χ0v) is 14.1. The van der Waals surface area contributed by atoms with Gasteiger partial charge in [0.1, 0.15) is 16.8 Å². The fraction of sp³-hybridized carbons (Fsp3) is 0.714. The van der Waals surface area contributed by atoms with E-state index in [0.29, 0.717) is 5.15 Å². The molecule has 1 rings (SSSR count). The van der Waals surface area contributed by atoms with E-state index in [2.05, 4.69) is 43.0 Å². The summed E-state index contributed by atoms with van der Waals surface area (Å²) < 4.78 is 0. The molecule has 1 aromatic heterocycles. The first-order chi connectivity index (χ1) is 8.86. The SMILES string of the molecule is CCSCCCNc1nc(C(C)(C)C)nc(Cl)c1C. The Morgan fingerprint density at radius 3 is 2.53 bits per heavy atom. The summed E-state index contributed by atoms with van der Waals surface area (Å²) >= 11 is 8.15. The number of rotatable bonds is 6. The van der Waals surface area contributed by atoms with Crippen molar-refractivity contribution in [3.8, 4) is 0 Å². The Labute approximate surface area is 125 Å². The number of hydrogen-bond acceptors (Lipinski definition) is 4. The molecule has 0 atom stereocenters. The summed E-state index contributed by atoms with van der Waals surface area (Å²) in [6.07, 6.45) is 1.13. The van der Waals surface area contributed by atoms with Crippen molar-refractivity contribution in [2.75, 3.05) is 23.4 Å². The Morgan fingerprint density at radius 1 is 1.26 bits per heavy atom. The van der Waals surface area contributed by atoms with E-state index in [-0.39, 0.29) is 5.41 Å². The molecule has 3 nitrogen and oxygen atoms in total. The summed E-state index contributed by atoms with van der Waals surface area (Å²) in [6.45, 7) is 11.3. The summed E-state index contributed by atoms with van der Waals surface area (Å²) in [7, 11) is 0. The largest absolute Gasteiger partial charge is 0.370 e. The molecule has 1 heterocycles. The van der Waals surface area contributed by atoms with Crippen LogP contribution in [0.1, 0.15) is 45.5 Å². The Bertz CT molecular complexity index is 416. The molecule has 0 amide bonds. The van der Waals surface area contributed by atoms with Gasteiger partial charge in [-0.2, -0.15) is 11.8 Å². The predicted octanol–water partition coefficient (Wildman–Crippen LogP) is 4.29. The summed E-state index contributed by atoms with van der Waals surface area (Å²) in [4.78, 5) is 8.98. The molecule has 0 aliphatic carbocycles.